The minimum Gasteiger partial charge on any atom is -0.504 e. The van der Waals surface area contributed by atoms with Gasteiger partial charge in [0, 0.05) is 0 Å². The van der Waals surface area contributed by atoms with Crippen LogP contribution in [0.2, 0.25) is 0 Å². The Morgan fingerprint density at radius 3 is 2.59 bits per heavy atom. The van der Waals surface area contributed by atoms with Crippen LogP contribution in [0.5, 0.6) is 11.5 Å². The standard InChI is InChI=1S/C20H21N3O3S/c1-13(2)15-5-7-16(8-6-15)22-20-23(19(25)12-27-20)21-11-14-4-9-18(26-3)17(24)10-14/h4-11,13,24H,12H2,1-3H3/b21-11-,22-20?. The zero-order valence-corrected chi connectivity index (χ0v) is 16.2. The molecular formula is C20H21N3O3S. The lowest BCUT2D eigenvalue weighted by molar-refractivity contribution is -0.124. The lowest BCUT2D eigenvalue weighted by Crippen LogP contribution is -2.23. The monoisotopic (exact) mass is 383 g/mol. The van der Waals surface area contributed by atoms with Crippen LogP contribution in [0.25, 0.3) is 0 Å². The number of carbonyl (C=O) groups excluding carboxylic acids is 1. The van der Waals surface area contributed by atoms with Crippen LogP contribution in [-0.4, -0.2) is 40.3 Å². The average molecular weight is 383 g/mol. The van der Waals surface area contributed by atoms with E-state index in [1.807, 2.05) is 24.3 Å². The number of amidine groups is 1. The molecule has 1 aliphatic heterocycles. The molecule has 0 spiro atoms. The highest BCUT2D eigenvalue weighted by atomic mass is 32.2. The van der Waals surface area contributed by atoms with E-state index in [0.717, 1.165) is 5.69 Å². The normalized spacial score (nSPS) is 16.1. The predicted octanol–water partition coefficient (Wildman–Crippen LogP) is 4.12. The van der Waals surface area contributed by atoms with Crippen molar-refractivity contribution in [3.63, 3.8) is 0 Å². The highest BCUT2D eigenvalue weighted by molar-refractivity contribution is 8.15. The number of phenols is 1. The van der Waals surface area contributed by atoms with E-state index in [2.05, 4.69) is 23.9 Å². The third-order valence-corrected chi connectivity index (χ3v) is 4.97. The quantitative estimate of drug-likeness (QED) is 0.788. The molecule has 6 nitrogen and oxygen atoms in total. The molecule has 3 rings (SSSR count). The third-order valence-electron chi connectivity index (χ3n) is 4.05. The smallest absolute Gasteiger partial charge is 0.259 e. The van der Waals surface area contributed by atoms with Crippen molar-refractivity contribution in [2.75, 3.05) is 12.9 Å². The molecule has 1 N–H and O–H groups in total. The van der Waals surface area contributed by atoms with Gasteiger partial charge in [0.15, 0.2) is 16.7 Å². The summed E-state index contributed by atoms with van der Waals surface area (Å²) < 4.78 is 5.02. The second-order valence-corrected chi connectivity index (χ2v) is 7.25. The highest BCUT2D eigenvalue weighted by Crippen LogP contribution is 2.27. The first-order valence-electron chi connectivity index (χ1n) is 8.53. The van der Waals surface area contributed by atoms with Crippen LogP contribution in [0.4, 0.5) is 5.69 Å². The Balaban J connectivity index is 1.80. The van der Waals surface area contributed by atoms with Crippen molar-refractivity contribution < 1.29 is 14.6 Å². The molecule has 0 aromatic heterocycles. The molecule has 0 unspecified atom stereocenters. The lowest BCUT2D eigenvalue weighted by atomic mass is 10.0. The predicted molar refractivity (Wildman–Crippen MR) is 109 cm³/mol. The molecule has 0 atom stereocenters. The molecule has 2 aromatic carbocycles. The summed E-state index contributed by atoms with van der Waals surface area (Å²) >= 11 is 1.35. The molecule has 27 heavy (non-hydrogen) atoms. The number of aromatic hydroxyl groups is 1. The van der Waals surface area contributed by atoms with Gasteiger partial charge in [-0.1, -0.05) is 37.7 Å². The summed E-state index contributed by atoms with van der Waals surface area (Å²) in [6.45, 7) is 4.28. The molecule has 7 heteroatoms. The van der Waals surface area contributed by atoms with Crippen LogP contribution in [-0.2, 0) is 4.79 Å². The van der Waals surface area contributed by atoms with Crippen molar-refractivity contribution in [1.82, 2.24) is 5.01 Å². The largest absolute Gasteiger partial charge is 0.504 e. The molecular weight excluding hydrogens is 362 g/mol. The van der Waals surface area contributed by atoms with Crippen molar-refractivity contribution in [2.45, 2.75) is 19.8 Å². The Kier molecular flexibility index (Phi) is 5.81. The number of carbonyl (C=O) groups is 1. The Morgan fingerprint density at radius 1 is 1.22 bits per heavy atom. The van der Waals surface area contributed by atoms with Gasteiger partial charge in [0.1, 0.15) is 0 Å². The number of phenolic OH excluding ortho intramolecular Hbond substituents is 1. The number of rotatable bonds is 5. The van der Waals surface area contributed by atoms with Crippen molar-refractivity contribution in [2.24, 2.45) is 10.1 Å². The summed E-state index contributed by atoms with van der Waals surface area (Å²) in [6.07, 6.45) is 1.51. The fourth-order valence-electron chi connectivity index (χ4n) is 2.50. The van der Waals surface area contributed by atoms with E-state index in [-0.39, 0.29) is 11.7 Å². The Labute approximate surface area is 162 Å². The molecule has 0 saturated carbocycles. The molecule has 0 radical (unpaired) electrons. The summed E-state index contributed by atoms with van der Waals surface area (Å²) in [5.74, 6) is 1.02. The van der Waals surface area contributed by atoms with Crippen molar-refractivity contribution in [1.29, 1.82) is 0 Å². The van der Waals surface area contributed by atoms with Gasteiger partial charge in [-0.3, -0.25) is 4.79 Å². The van der Waals surface area contributed by atoms with E-state index in [1.165, 1.54) is 41.7 Å². The maximum absolute atomic E-state index is 12.1. The van der Waals surface area contributed by atoms with Crippen LogP contribution in [0.1, 0.15) is 30.9 Å². The highest BCUT2D eigenvalue weighted by Gasteiger charge is 2.28. The first-order valence-corrected chi connectivity index (χ1v) is 9.52. The van der Waals surface area contributed by atoms with Gasteiger partial charge in [0.05, 0.1) is 24.8 Å². The molecule has 140 valence electrons. The first kappa shape index (κ1) is 19.0. The molecule has 1 heterocycles. The van der Waals surface area contributed by atoms with Crippen molar-refractivity contribution in [3.8, 4) is 11.5 Å². The summed E-state index contributed by atoms with van der Waals surface area (Å²) in [7, 11) is 1.49. The molecule has 2 aromatic rings. The fraction of sp³-hybridized carbons (Fsp3) is 0.250. The van der Waals surface area contributed by atoms with Crippen LogP contribution in [0, 0.1) is 0 Å². The second-order valence-electron chi connectivity index (χ2n) is 6.31. The first-order chi connectivity index (χ1) is 13.0. The molecule has 0 bridgehead atoms. The number of methoxy groups -OCH3 is 1. The minimum absolute atomic E-state index is 0.0164. The van der Waals surface area contributed by atoms with Gasteiger partial charge in [-0.25, -0.2) is 4.99 Å². The summed E-state index contributed by atoms with van der Waals surface area (Å²) in [5, 5.41) is 15.9. The molecule has 1 aliphatic rings. The van der Waals surface area contributed by atoms with Crippen molar-refractivity contribution >= 4 is 34.7 Å². The Hall–Kier alpha value is -2.80. The van der Waals surface area contributed by atoms with E-state index < -0.39 is 0 Å². The number of benzene rings is 2. The zero-order valence-electron chi connectivity index (χ0n) is 15.4. The van der Waals surface area contributed by atoms with Crippen LogP contribution < -0.4 is 4.74 Å². The number of aliphatic imine (C=N–C) groups is 1. The van der Waals surface area contributed by atoms with Gasteiger partial charge in [0.25, 0.3) is 5.91 Å². The summed E-state index contributed by atoms with van der Waals surface area (Å²) in [4.78, 5) is 16.7. The number of hydrogen-bond acceptors (Lipinski definition) is 6. The van der Waals surface area contributed by atoms with Crippen LogP contribution in [0.15, 0.2) is 52.6 Å². The van der Waals surface area contributed by atoms with E-state index in [9.17, 15) is 9.90 Å². The van der Waals surface area contributed by atoms with E-state index in [1.54, 1.807) is 12.1 Å². The van der Waals surface area contributed by atoms with Crippen LogP contribution >= 0.6 is 11.8 Å². The van der Waals surface area contributed by atoms with Gasteiger partial charge in [-0.15, -0.1) is 0 Å². The van der Waals surface area contributed by atoms with Crippen LogP contribution in [0.3, 0.4) is 0 Å². The summed E-state index contributed by atoms with van der Waals surface area (Å²) in [5.41, 5.74) is 2.67. The number of ether oxygens (including phenoxy) is 1. The average Bonchev–Trinajstić information content (AvgIpc) is 3.00. The fourth-order valence-corrected chi connectivity index (χ4v) is 3.32. The minimum atomic E-state index is -0.133. The van der Waals surface area contributed by atoms with E-state index in [4.69, 9.17) is 4.74 Å². The van der Waals surface area contributed by atoms with E-state index >= 15 is 0 Å². The van der Waals surface area contributed by atoms with Gasteiger partial charge in [-0.05, 0) is 47.4 Å². The van der Waals surface area contributed by atoms with E-state index in [0.29, 0.717) is 28.2 Å². The zero-order chi connectivity index (χ0) is 19.4. The maximum Gasteiger partial charge on any atom is 0.259 e. The number of hydrogen-bond donors (Lipinski definition) is 1. The molecule has 0 aliphatic carbocycles. The number of amides is 1. The van der Waals surface area contributed by atoms with Gasteiger partial charge in [-0.2, -0.15) is 10.1 Å². The molecule has 1 amide bonds. The SMILES string of the molecule is COc1ccc(/C=N\N2C(=O)CSC2=Nc2ccc(C(C)C)cc2)cc1O. The summed E-state index contributed by atoms with van der Waals surface area (Å²) in [6, 6.07) is 12.9. The van der Waals surface area contributed by atoms with Gasteiger partial charge >= 0.3 is 0 Å². The molecule has 1 saturated heterocycles. The number of hydrazone groups is 1. The number of thioether (sulfide) groups is 1. The Bertz CT molecular complexity index is 892. The second kappa shape index (κ2) is 8.26. The maximum atomic E-state index is 12.1. The topological polar surface area (TPSA) is 74.5 Å². The lowest BCUT2D eigenvalue weighted by Gasteiger charge is -2.10. The van der Waals surface area contributed by atoms with Gasteiger partial charge < -0.3 is 9.84 Å². The third kappa shape index (κ3) is 4.49. The number of nitrogens with zero attached hydrogens (tertiary/aromatic N) is 3. The van der Waals surface area contributed by atoms with Crippen molar-refractivity contribution in [3.05, 3.63) is 53.6 Å². The molecule has 1 fully saturated rings. The van der Waals surface area contributed by atoms with Gasteiger partial charge in [0.2, 0.25) is 0 Å². The Morgan fingerprint density at radius 2 is 1.96 bits per heavy atom.